The summed E-state index contributed by atoms with van der Waals surface area (Å²) in [5, 5.41) is 10.7. The molecule has 3 aromatic rings. The lowest BCUT2D eigenvalue weighted by Gasteiger charge is -2.31. The van der Waals surface area contributed by atoms with Crippen LogP contribution in [-0.2, 0) is 17.7 Å². The van der Waals surface area contributed by atoms with Crippen molar-refractivity contribution in [2.75, 3.05) is 39.5 Å². The summed E-state index contributed by atoms with van der Waals surface area (Å²) in [6.45, 7) is 9.97. The third-order valence-corrected chi connectivity index (χ3v) is 6.88. The number of carboxylic acid groups (broad SMARTS) is 1. The van der Waals surface area contributed by atoms with Crippen LogP contribution in [0.25, 0.3) is 10.9 Å². The number of rotatable bonds is 11. The molecule has 34 heavy (non-hydrogen) atoms. The Morgan fingerprint density at radius 3 is 2.56 bits per heavy atom. The van der Waals surface area contributed by atoms with Gasteiger partial charge in [-0.05, 0) is 68.5 Å². The van der Waals surface area contributed by atoms with Gasteiger partial charge in [0.15, 0.2) is 0 Å². The smallest absolute Gasteiger partial charge is 0.339 e. The zero-order valence-electron chi connectivity index (χ0n) is 20.3. The number of likely N-dealkylation sites (tertiary alicyclic amines) is 1. The second-order valence-corrected chi connectivity index (χ2v) is 8.91. The van der Waals surface area contributed by atoms with E-state index in [4.69, 9.17) is 9.47 Å². The van der Waals surface area contributed by atoms with Gasteiger partial charge in [-0.15, -0.1) is 0 Å². The Kier molecular flexibility index (Phi) is 8.25. The van der Waals surface area contributed by atoms with Gasteiger partial charge in [0, 0.05) is 31.3 Å². The van der Waals surface area contributed by atoms with Crippen molar-refractivity contribution in [3.05, 3.63) is 65.4 Å². The van der Waals surface area contributed by atoms with Crippen molar-refractivity contribution in [2.24, 2.45) is 0 Å². The molecule has 0 unspecified atom stereocenters. The highest BCUT2D eigenvalue weighted by Crippen LogP contribution is 2.36. The van der Waals surface area contributed by atoms with E-state index in [-0.39, 0.29) is 5.56 Å². The minimum atomic E-state index is -0.955. The van der Waals surface area contributed by atoms with E-state index in [0.29, 0.717) is 18.3 Å². The highest BCUT2D eigenvalue weighted by atomic mass is 16.5. The first kappa shape index (κ1) is 24.3. The number of hydrogen-bond donors (Lipinski definition) is 1. The van der Waals surface area contributed by atoms with E-state index in [2.05, 4.69) is 40.8 Å². The highest BCUT2D eigenvalue weighted by Gasteiger charge is 2.24. The maximum Gasteiger partial charge on any atom is 0.339 e. The third-order valence-electron chi connectivity index (χ3n) is 6.88. The molecule has 0 aliphatic carbocycles. The van der Waals surface area contributed by atoms with Gasteiger partial charge in [0.2, 0.25) is 0 Å². The maximum absolute atomic E-state index is 11.4. The zero-order valence-corrected chi connectivity index (χ0v) is 20.3. The van der Waals surface area contributed by atoms with Crippen molar-refractivity contribution >= 4 is 16.9 Å². The van der Waals surface area contributed by atoms with Crippen molar-refractivity contribution in [2.45, 2.75) is 45.6 Å². The number of aromatic nitrogens is 1. The molecule has 1 fully saturated rings. The predicted molar refractivity (Wildman–Crippen MR) is 135 cm³/mol. The minimum Gasteiger partial charge on any atom is -0.491 e. The van der Waals surface area contributed by atoms with E-state index in [1.54, 1.807) is 18.2 Å². The molecule has 0 saturated carbocycles. The fourth-order valence-corrected chi connectivity index (χ4v) is 5.08. The number of benzene rings is 2. The first-order valence-corrected chi connectivity index (χ1v) is 12.5. The number of carbonyl (C=O) groups is 1. The summed E-state index contributed by atoms with van der Waals surface area (Å²) in [6.07, 6.45) is 5.63. The number of hydrogen-bond acceptors (Lipinski definition) is 4. The summed E-state index contributed by atoms with van der Waals surface area (Å²) in [6, 6.07) is 13.6. The number of para-hydroxylation sites is 2. The molecule has 2 aromatic carbocycles. The van der Waals surface area contributed by atoms with Crippen LogP contribution >= 0.6 is 0 Å². The van der Waals surface area contributed by atoms with Crippen molar-refractivity contribution < 1.29 is 19.4 Å². The first-order valence-electron chi connectivity index (χ1n) is 12.5. The molecule has 4 rings (SSSR count). The Labute approximate surface area is 202 Å². The number of carboxylic acids is 1. The topological polar surface area (TPSA) is 63.9 Å². The number of aromatic carboxylic acids is 1. The molecule has 182 valence electrons. The molecule has 1 aromatic heterocycles. The summed E-state index contributed by atoms with van der Waals surface area (Å²) < 4.78 is 13.9. The third kappa shape index (κ3) is 5.45. The Hall–Kier alpha value is -2.83. The SMILES string of the molecule is CCOCCn1cc(C2CCN(CCOc3ccccc3C(=O)O)CC2)c2cccc(CC)c21. The van der Waals surface area contributed by atoms with Gasteiger partial charge in [-0.1, -0.05) is 37.3 Å². The number of nitrogens with zero attached hydrogens (tertiary/aromatic N) is 2. The van der Waals surface area contributed by atoms with Gasteiger partial charge in [-0.25, -0.2) is 4.79 Å². The van der Waals surface area contributed by atoms with Crippen LogP contribution in [0.4, 0.5) is 0 Å². The van der Waals surface area contributed by atoms with Crippen molar-refractivity contribution in [1.82, 2.24) is 9.47 Å². The molecule has 6 heteroatoms. The number of aryl methyl sites for hydroxylation is 1. The van der Waals surface area contributed by atoms with Crippen LogP contribution in [0, 0.1) is 0 Å². The van der Waals surface area contributed by atoms with E-state index in [1.807, 2.05) is 13.0 Å². The van der Waals surface area contributed by atoms with Gasteiger partial charge in [0.25, 0.3) is 0 Å². The molecule has 0 bridgehead atoms. The molecule has 0 atom stereocenters. The average molecular weight is 465 g/mol. The minimum absolute atomic E-state index is 0.216. The molecule has 1 N–H and O–H groups in total. The predicted octanol–water partition coefficient (Wildman–Crippen LogP) is 5.20. The molecule has 0 spiro atoms. The van der Waals surface area contributed by atoms with Gasteiger partial charge >= 0.3 is 5.97 Å². The highest BCUT2D eigenvalue weighted by molar-refractivity contribution is 5.90. The Bertz CT molecular complexity index is 1100. The molecule has 2 heterocycles. The Morgan fingerprint density at radius 2 is 1.82 bits per heavy atom. The average Bonchev–Trinajstić information content (AvgIpc) is 3.24. The summed E-state index contributed by atoms with van der Waals surface area (Å²) in [5.41, 5.74) is 4.45. The van der Waals surface area contributed by atoms with Crippen molar-refractivity contribution in [3.8, 4) is 5.75 Å². The van der Waals surface area contributed by atoms with Crippen LogP contribution in [0.3, 0.4) is 0 Å². The van der Waals surface area contributed by atoms with Gasteiger partial charge in [-0.2, -0.15) is 0 Å². The second-order valence-electron chi connectivity index (χ2n) is 8.91. The molecule has 1 aliphatic heterocycles. The lowest BCUT2D eigenvalue weighted by molar-refractivity contribution is 0.0691. The van der Waals surface area contributed by atoms with Crippen LogP contribution in [-0.4, -0.2) is 60.0 Å². The number of fused-ring (bicyclic) bond motifs is 1. The van der Waals surface area contributed by atoms with Gasteiger partial charge < -0.3 is 19.1 Å². The van der Waals surface area contributed by atoms with Crippen LogP contribution in [0.2, 0.25) is 0 Å². The Morgan fingerprint density at radius 1 is 1.03 bits per heavy atom. The summed E-state index contributed by atoms with van der Waals surface area (Å²) >= 11 is 0. The first-order chi connectivity index (χ1) is 16.6. The monoisotopic (exact) mass is 464 g/mol. The van der Waals surface area contributed by atoms with Crippen LogP contribution in [0.15, 0.2) is 48.7 Å². The lowest BCUT2D eigenvalue weighted by Crippen LogP contribution is -2.35. The molecule has 0 radical (unpaired) electrons. The molecular formula is C28H36N2O4. The van der Waals surface area contributed by atoms with Gasteiger partial charge in [0.1, 0.15) is 17.9 Å². The van der Waals surface area contributed by atoms with Gasteiger partial charge in [-0.3, -0.25) is 4.90 Å². The molecule has 0 amide bonds. The molecule has 1 aliphatic rings. The molecular weight excluding hydrogens is 428 g/mol. The second kappa shape index (κ2) is 11.5. The van der Waals surface area contributed by atoms with Gasteiger partial charge in [0.05, 0.1) is 12.1 Å². The molecule has 1 saturated heterocycles. The maximum atomic E-state index is 11.4. The van der Waals surface area contributed by atoms with E-state index < -0.39 is 5.97 Å². The standard InChI is InChI=1S/C28H36N2O4/c1-3-21-8-7-10-23-25(20-30(27(21)23)17-18-33-4-2)22-12-14-29(15-13-22)16-19-34-26-11-6-5-9-24(26)28(31)32/h5-11,20,22H,3-4,12-19H2,1-2H3,(H,31,32). The summed E-state index contributed by atoms with van der Waals surface area (Å²) in [7, 11) is 0. The fraction of sp³-hybridized carbons (Fsp3) is 0.464. The number of piperidine rings is 1. The van der Waals surface area contributed by atoms with Crippen LogP contribution in [0.5, 0.6) is 5.75 Å². The van der Waals surface area contributed by atoms with E-state index in [0.717, 1.165) is 58.7 Å². The van der Waals surface area contributed by atoms with E-state index in [1.165, 1.54) is 22.0 Å². The summed E-state index contributed by atoms with van der Waals surface area (Å²) in [5.74, 6) is 0.0346. The number of ether oxygens (including phenoxy) is 2. The largest absolute Gasteiger partial charge is 0.491 e. The Balaban J connectivity index is 1.38. The quantitative estimate of drug-likeness (QED) is 0.395. The van der Waals surface area contributed by atoms with E-state index >= 15 is 0 Å². The normalized spacial score (nSPS) is 15.1. The van der Waals surface area contributed by atoms with E-state index in [9.17, 15) is 9.90 Å². The van der Waals surface area contributed by atoms with Crippen LogP contribution in [0.1, 0.15) is 54.1 Å². The fourth-order valence-electron chi connectivity index (χ4n) is 5.08. The summed E-state index contributed by atoms with van der Waals surface area (Å²) in [4.78, 5) is 13.8. The van der Waals surface area contributed by atoms with Crippen molar-refractivity contribution in [3.63, 3.8) is 0 Å². The van der Waals surface area contributed by atoms with Crippen LogP contribution < -0.4 is 4.74 Å². The van der Waals surface area contributed by atoms with Crippen molar-refractivity contribution in [1.29, 1.82) is 0 Å². The lowest BCUT2D eigenvalue weighted by atomic mass is 9.89. The zero-order chi connectivity index (χ0) is 23.9. The molecule has 6 nitrogen and oxygen atoms in total.